The standard InChI is InChI=1S/C17H18ClNO4/c1-12-11-13(18)3-8-16(12)23-15-6-4-14(5-7-15)22-10-9-19(2)17(20)21/h3-8,11H,9-10H2,1-2H3,(H,20,21). The molecule has 0 heterocycles. The SMILES string of the molecule is Cc1cc(Cl)ccc1Oc1ccc(OCCN(C)C(=O)O)cc1. The zero-order chi connectivity index (χ0) is 16.8. The minimum absolute atomic E-state index is 0.291. The summed E-state index contributed by atoms with van der Waals surface area (Å²) in [5, 5.41) is 9.41. The molecule has 122 valence electrons. The molecule has 0 aliphatic rings. The third-order valence-corrected chi connectivity index (χ3v) is 3.45. The number of hydrogen-bond acceptors (Lipinski definition) is 3. The Labute approximate surface area is 140 Å². The summed E-state index contributed by atoms with van der Waals surface area (Å²) < 4.78 is 11.3. The predicted octanol–water partition coefficient (Wildman–Crippen LogP) is 4.43. The first kappa shape index (κ1) is 17.0. The lowest BCUT2D eigenvalue weighted by Gasteiger charge is -2.14. The van der Waals surface area contributed by atoms with Gasteiger partial charge in [0.15, 0.2) is 0 Å². The third-order valence-electron chi connectivity index (χ3n) is 3.21. The van der Waals surface area contributed by atoms with Crippen molar-refractivity contribution in [2.24, 2.45) is 0 Å². The van der Waals surface area contributed by atoms with Gasteiger partial charge in [-0.05, 0) is 55.0 Å². The van der Waals surface area contributed by atoms with Crippen molar-refractivity contribution in [3.8, 4) is 17.2 Å². The van der Waals surface area contributed by atoms with Crippen LogP contribution >= 0.6 is 11.6 Å². The van der Waals surface area contributed by atoms with E-state index < -0.39 is 6.09 Å². The van der Waals surface area contributed by atoms with E-state index in [0.717, 1.165) is 11.3 Å². The number of halogens is 1. The lowest BCUT2D eigenvalue weighted by molar-refractivity contribution is 0.147. The maximum Gasteiger partial charge on any atom is 0.407 e. The average Bonchev–Trinajstić information content (AvgIpc) is 2.51. The molecule has 1 amide bonds. The number of amides is 1. The number of nitrogens with zero attached hydrogens (tertiary/aromatic N) is 1. The molecule has 0 unspecified atom stereocenters. The van der Waals surface area contributed by atoms with E-state index in [0.29, 0.717) is 29.7 Å². The summed E-state index contributed by atoms with van der Waals surface area (Å²) in [7, 11) is 1.50. The van der Waals surface area contributed by atoms with E-state index in [2.05, 4.69) is 0 Å². The maximum atomic E-state index is 10.7. The molecular formula is C17H18ClNO4. The van der Waals surface area contributed by atoms with Crippen LogP contribution in [-0.4, -0.2) is 36.3 Å². The van der Waals surface area contributed by atoms with E-state index in [-0.39, 0.29) is 0 Å². The maximum absolute atomic E-state index is 10.7. The number of carboxylic acid groups (broad SMARTS) is 1. The Morgan fingerprint density at radius 2 is 1.83 bits per heavy atom. The lowest BCUT2D eigenvalue weighted by atomic mass is 10.2. The molecule has 0 atom stereocenters. The molecule has 1 N–H and O–H groups in total. The summed E-state index contributed by atoms with van der Waals surface area (Å²) >= 11 is 5.92. The number of benzene rings is 2. The summed E-state index contributed by atoms with van der Waals surface area (Å²) in [4.78, 5) is 11.8. The fraction of sp³-hybridized carbons (Fsp3) is 0.235. The van der Waals surface area contributed by atoms with Gasteiger partial charge in [-0.3, -0.25) is 0 Å². The monoisotopic (exact) mass is 335 g/mol. The largest absolute Gasteiger partial charge is 0.492 e. The van der Waals surface area contributed by atoms with Crippen molar-refractivity contribution in [3.05, 3.63) is 53.1 Å². The zero-order valence-corrected chi connectivity index (χ0v) is 13.7. The summed E-state index contributed by atoms with van der Waals surface area (Å²) in [6.07, 6.45) is -0.976. The Hall–Kier alpha value is -2.40. The molecule has 0 bridgehead atoms. The fourth-order valence-electron chi connectivity index (χ4n) is 1.85. The van der Waals surface area contributed by atoms with E-state index in [1.165, 1.54) is 11.9 Å². The van der Waals surface area contributed by atoms with Crippen molar-refractivity contribution >= 4 is 17.7 Å². The molecule has 0 aliphatic carbocycles. The van der Waals surface area contributed by atoms with Gasteiger partial charge >= 0.3 is 6.09 Å². The van der Waals surface area contributed by atoms with Gasteiger partial charge in [-0.2, -0.15) is 0 Å². The molecule has 5 nitrogen and oxygen atoms in total. The minimum atomic E-state index is -0.976. The summed E-state index contributed by atoms with van der Waals surface area (Å²) in [6, 6.07) is 12.6. The van der Waals surface area contributed by atoms with E-state index in [9.17, 15) is 4.79 Å². The Kier molecular flexibility index (Phi) is 5.71. The number of rotatable bonds is 6. The number of carbonyl (C=O) groups is 1. The first-order chi connectivity index (χ1) is 11.0. The molecule has 6 heteroatoms. The second-order valence-corrected chi connectivity index (χ2v) is 5.47. The van der Waals surface area contributed by atoms with E-state index in [4.69, 9.17) is 26.2 Å². The van der Waals surface area contributed by atoms with Crippen molar-refractivity contribution < 1.29 is 19.4 Å². The van der Waals surface area contributed by atoms with Crippen molar-refractivity contribution in [2.45, 2.75) is 6.92 Å². The van der Waals surface area contributed by atoms with Gasteiger partial charge in [-0.15, -0.1) is 0 Å². The van der Waals surface area contributed by atoms with E-state index in [1.54, 1.807) is 30.3 Å². The molecule has 2 aromatic rings. The molecule has 0 aromatic heterocycles. The molecule has 0 radical (unpaired) electrons. The average molecular weight is 336 g/mol. The highest BCUT2D eigenvalue weighted by Crippen LogP contribution is 2.28. The number of ether oxygens (including phenoxy) is 2. The topological polar surface area (TPSA) is 59.0 Å². The molecule has 0 spiro atoms. The van der Waals surface area contributed by atoms with Gasteiger partial charge in [0, 0.05) is 12.1 Å². The highest BCUT2D eigenvalue weighted by Gasteiger charge is 2.05. The molecule has 0 fully saturated rings. The van der Waals surface area contributed by atoms with Crippen LogP contribution in [0.5, 0.6) is 17.2 Å². The first-order valence-electron chi connectivity index (χ1n) is 7.06. The first-order valence-corrected chi connectivity index (χ1v) is 7.44. The molecule has 0 aliphatic heterocycles. The number of aryl methyl sites for hydroxylation is 1. The van der Waals surface area contributed by atoms with Crippen molar-refractivity contribution in [1.29, 1.82) is 0 Å². The molecule has 23 heavy (non-hydrogen) atoms. The van der Waals surface area contributed by atoms with Crippen LogP contribution in [-0.2, 0) is 0 Å². The molecule has 2 aromatic carbocycles. The molecule has 0 saturated carbocycles. The Bertz CT molecular complexity index is 673. The third kappa shape index (κ3) is 5.07. The van der Waals surface area contributed by atoms with Crippen LogP contribution in [0.3, 0.4) is 0 Å². The van der Waals surface area contributed by atoms with E-state index >= 15 is 0 Å². The fourth-order valence-corrected chi connectivity index (χ4v) is 2.08. The number of hydrogen-bond donors (Lipinski definition) is 1. The Balaban J connectivity index is 1.90. The van der Waals surface area contributed by atoms with Crippen LogP contribution in [0.2, 0.25) is 5.02 Å². The summed E-state index contributed by atoms with van der Waals surface area (Å²) in [5.74, 6) is 2.08. The lowest BCUT2D eigenvalue weighted by Crippen LogP contribution is -2.29. The van der Waals surface area contributed by atoms with Crippen LogP contribution in [0.4, 0.5) is 4.79 Å². The van der Waals surface area contributed by atoms with Gasteiger partial charge in [-0.25, -0.2) is 4.79 Å². The summed E-state index contributed by atoms with van der Waals surface area (Å²) in [6.45, 7) is 2.52. The molecular weight excluding hydrogens is 318 g/mol. The molecule has 0 saturated heterocycles. The zero-order valence-electron chi connectivity index (χ0n) is 13.0. The van der Waals surface area contributed by atoms with Crippen LogP contribution in [0.15, 0.2) is 42.5 Å². The summed E-state index contributed by atoms with van der Waals surface area (Å²) in [5.41, 5.74) is 0.953. The number of likely N-dealkylation sites (N-methyl/N-ethyl adjacent to an activating group) is 1. The predicted molar refractivity (Wildman–Crippen MR) is 88.9 cm³/mol. The molecule has 2 rings (SSSR count). The van der Waals surface area contributed by atoms with Crippen LogP contribution < -0.4 is 9.47 Å². The Morgan fingerprint density at radius 1 is 1.17 bits per heavy atom. The van der Waals surface area contributed by atoms with Gasteiger partial charge in [0.05, 0.1) is 6.54 Å². The van der Waals surface area contributed by atoms with Gasteiger partial charge in [-0.1, -0.05) is 11.6 Å². The van der Waals surface area contributed by atoms with Gasteiger partial charge in [0.25, 0.3) is 0 Å². The second kappa shape index (κ2) is 7.74. The smallest absolute Gasteiger partial charge is 0.407 e. The van der Waals surface area contributed by atoms with Crippen LogP contribution in [0.25, 0.3) is 0 Å². The van der Waals surface area contributed by atoms with Gasteiger partial charge < -0.3 is 19.5 Å². The van der Waals surface area contributed by atoms with Crippen molar-refractivity contribution in [2.75, 3.05) is 20.2 Å². The Morgan fingerprint density at radius 3 is 2.43 bits per heavy atom. The highest BCUT2D eigenvalue weighted by atomic mass is 35.5. The highest BCUT2D eigenvalue weighted by molar-refractivity contribution is 6.30. The van der Waals surface area contributed by atoms with Crippen molar-refractivity contribution in [1.82, 2.24) is 4.90 Å². The van der Waals surface area contributed by atoms with Gasteiger partial charge in [0.1, 0.15) is 23.9 Å². The van der Waals surface area contributed by atoms with Crippen molar-refractivity contribution in [3.63, 3.8) is 0 Å². The quantitative estimate of drug-likeness (QED) is 0.848. The van der Waals surface area contributed by atoms with Crippen LogP contribution in [0.1, 0.15) is 5.56 Å². The normalized spacial score (nSPS) is 10.2. The second-order valence-electron chi connectivity index (χ2n) is 5.04. The van der Waals surface area contributed by atoms with Crippen LogP contribution in [0, 0.1) is 6.92 Å². The minimum Gasteiger partial charge on any atom is -0.492 e. The van der Waals surface area contributed by atoms with E-state index in [1.807, 2.05) is 19.1 Å². The van der Waals surface area contributed by atoms with Gasteiger partial charge in [0.2, 0.25) is 0 Å².